The van der Waals surface area contributed by atoms with Crippen LogP contribution < -0.4 is 9.47 Å². The molecular formula is C26H28BO8P. The lowest BCUT2D eigenvalue weighted by Crippen LogP contribution is -2.38. The number of rotatable bonds is 10. The number of phosphoric ester groups is 1. The third-order valence-corrected chi connectivity index (χ3v) is 6.68. The second-order valence-electron chi connectivity index (χ2n) is 8.40. The van der Waals surface area contributed by atoms with E-state index < -0.39 is 31.6 Å². The number of hydrogen-bond donors (Lipinski definition) is 2. The molecule has 1 saturated heterocycles. The number of ether oxygens (including phenoxy) is 4. The van der Waals surface area contributed by atoms with E-state index in [2.05, 4.69) is 0 Å². The molecule has 2 N–H and O–H groups in total. The van der Waals surface area contributed by atoms with Crippen LogP contribution in [0.2, 0.25) is 0 Å². The van der Waals surface area contributed by atoms with Crippen LogP contribution in [0.3, 0.4) is 0 Å². The van der Waals surface area contributed by atoms with E-state index in [1.54, 1.807) is 14.2 Å². The van der Waals surface area contributed by atoms with Crippen molar-refractivity contribution in [1.29, 1.82) is 0 Å². The van der Waals surface area contributed by atoms with Gasteiger partial charge < -0.3 is 28.7 Å². The fourth-order valence-electron chi connectivity index (χ4n) is 4.46. The van der Waals surface area contributed by atoms with Crippen LogP contribution in [-0.4, -0.2) is 56.7 Å². The first-order valence-electron chi connectivity index (χ1n) is 11.4. The Morgan fingerprint density at radius 1 is 0.889 bits per heavy atom. The molecule has 0 saturated carbocycles. The lowest BCUT2D eigenvalue weighted by molar-refractivity contribution is -0.0726. The zero-order valence-electron chi connectivity index (χ0n) is 20.0. The highest BCUT2D eigenvalue weighted by molar-refractivity contribution is 7.46. The summed E-state index contributed by atoms with van der Waals surface area (Å²) in [5, 5.41) is 0. The van der Waals surface area contributed by atoms with Crippen molar-refractivity contribution >= 4 is 15.7 Å². The molecule has 1 aliphatic heterocycles. The van der Waals surface area contributed by atoms with Gasteiger partial charge in [0.2, 0.25) is 0 Å². The van der Waals surface area contributed by atoms with Crippen molar-refractivity contribution in [3.63, 3.8) is 0 Å². The SMILES string of the molecule is [B][C@H]1CC(OP(=O)(O)O)[C@@H](COC(c2ccccc2)(c2ccc(OC)cc2)c2ccc(OC)cc2)O1. The highest BCUT2D eigenvalue weighted by Crippen LogP contribution is 2.44. The minimum Gasteiger partial charge on any atom is -0.497 e. The van der Waals surface area contributed by atoms with Gasteiger partial charge in [-0.1, -0.05) is 54.6 Å². The molecule has 0 aliphatic carbocycles. The summed E-state index contributed by atoms with van der Waals surface area (Å²) in [4.78, 5) is 18.7. The lowest BCUT2D eigenvalue weighted by atomic mass is 9.80. The third kappa shape index (κ3) is 5.84. The summed E-state index contributed by atoms with van der Waals surface area (Å²) in [7, 11) is 4.37. The average Bonchev–Trinajstić information content (AvgIpc) is 3.22. The monoisotopic (exact) mass is 510 g/mol. The molecule has 3 atom stereocenters. The van der Waals surface area contributed by atoms with Gasteiger partial charge in [-0.15, -0.1) is 0 Å². The van der Waals surface area contributed by atoms with E-state index in [9.17, 15) is 14.4 Å². The Kier molecular flexibility index (Phi) is 8.20. The van der Waals surface area contributed by atoms with Gasteiger partial charge >= 0.3 is 7.82 Å². The van der Waals surface area contributed by atoms with Crippen molar-refractivity contribution in [1.82, 2.24) is 0 Å². The number of benzene rings is 3. The molecule has 4 rings (SSSR count). The van der Waals surface area contributed by atoms with E-state index in [1.165, 1.54) is 0 Å². The molecule has 8 nitrogen and oxygen atoms in total. The van der Waals surface area contributed by atoms with Gasteiger partial charge in [0.15, 0.2) is 0 Å². The molecule has 1 aliphatic rings. The lowest BCUT2D eigenvalue weighted by Gasteiger charge is -2.37. The van der Waals surface area contributed by atoms with Crippen LogP contribution in [0.1, 0.15) is 23.1 Å². The molecule has 0 bridgehead atoms. The standard InChI is InChI=1S/C26H28BO8P/c1-31-21-12-8-19(9-13-21)26(18-6-4-3-5-7-18,20-10-14-22(32-2)15-11-20)33-17-24-23(16-25(27)34-24)35-36(28,29)30/h3-15,23-25H,16-17H2,1-2H3,(H2,28,29,30)/t23?,24-,25-/m1/s1. The predicted molar refractivity (Wildman–Crippen MR) is 134 cm³/mol. The van der Waals surface area contributed by atoms with Crippen LogP contribution >= 0.6 is 7.82 Å². The van der Waals surface area contributed by atoms with Crippen LogP contribution in [0.15, 0.2) is 78.9 Å². The Hall–Kier alpha value is -2.65. The molecule has 36 heavy (non-hydrogen) atoms. The fourth-order valence-corrected chi connectivity index (χ4v) is 5.04. The molecular weight excluding hydrogens is 482 g/mol. The molecule has 2 radical (unpaired) electrons. The second kappa shape index (κ2) is 11.2. The predicted octanol–water partition coefficient (Wildman–Crippen LogP) is 3.77. The van der Waals surface area contributed by atoms with Gasteiger partial charge in [-0.3, -0.25) is 4.52 Å². The summed E-state index contributed by atoms with van der Waals surface area (Å²) in [6, 6.07) is 24.0. The van der Waals surface area contributed by atoms with Crippen molar-refractivity contribution in [2.24, 2.45) is 0 Å². The maximum Gasteiger partial charge on any atom is 0.469 e. The topological polar surface area (TPSA) is 104 Å². The molecule has 1 heterocycles. The molecule has 3 aromatic carbocycles. The number of hydrogen-bond acceptors (Lipinski definition) is 6. The molecule has 0 spiro atoms. The first kappa shape index (κ1) is 26.4. The molecule has 1 fully saturated rings. The van der Waals surface area contributed by atoms with Crippen LogP contribution in [0.25, 0.3) is 0 Å². The van der Waals surface area contributed by atoms with E-state index in [0.717, 1.165) is 16.7 Å². The first-order valence-corrected chi connectivity index (χ1v) is 12.9. The van der Waals surface area contributed by atoms with Crippen molar-refractivity contribution < 1.29 is 37.8 Å². The Bertz CT molecular complexity index is 1120. The Labute approximate surface area is 211 Å². The number of methoxy groups -OCH3 is 2. The summed E-state index contributed by atoms with van der Waals surface area (Å²) in [6.07, 6.45) is -1.60. The van der Waals surface area contributed by atoms with Crippen LogP contribution in [-0.2, 0) is 24.2 Å². The van der Waals surface area contributed by atoms with Gasteiger partial charge in [0, 0.05) is 6.00 Å². The van der Waals surface area contributed by atoms with Crippen molar-refractivity contribution in [3.8, 4) is 11.5 Å². The summed E-state index contributed by atoms with van der Waals surface area (Å²) in [6.45, 7) is -0.0503. The van der Waals surface area contributed by atoms with Gasteiger partial charge in [-0.2, -0.15) is 0 Å². The minimum absolute atomic E-state index is 0.0503. The van der Waals surface area contributed by atoms with Crippen LogP contribution in [0.5, 0.6) is 11.5 Å². The largest absolute Gasteiger partial charge is 0.497 e. The summed E-state index contributed by atoms with van der Waals surface area (Å²) in [5.41, 5.74) is 1.36. The Morgan fingerprint density at radius 3 is 1.86 bits per heavy atom. The zero-order chi connectivity index (χ0) is 25.8. The van der Waals surface area contributed by atoms with Crippen molar-refractivity contribution in [3.05, 3.63) is 95.6 Å². The van der Waals surface area contributed by atoms with E-state index in [-0.39, 0.29) is 13.0 Å². The maximum absolute atomic E-state index is 11.5. The van der Waals surface area contributed by atoms with E-state index in [1.807, 2.05) is 78.9 Å². The quantitative estimate of drug-likeness (QED) is 0.242. The van der Waals surface area contributed by atoms with Crippen molar-refractivity contribution in [2.75, 3.05) is 20.8 Å². The van der Waals surface area contributed by atoms with Gasteiger partial charge in [0.25, 0.3) is 0 Å². The highest BCUT2D eigenvalue weighted by atomic mass is 31.2. The van der Waals surface area contributed by atoms with E-state index >= 15 is 0 Å². The summed E-state index contributed by atoms with van der Waals surface area (Å²) in [5.74, 6) is 1.38. The maximum atomic E-state index is 11.5. The second-order valence-corrected chi connectivity index (χ2v) is 9.59. The average molecular weight is 510 g/mol. The molecule has 0 amide bonds. The van der Waals surface area contributed by atoms with Gasteiger partial charge in [0.1, 0.15) is 31.1 Å². The third-order valence-electron chi connectivity index (χ3n) is 6.14. The highest BCUT2D eigenvalue weighted by Gasteiger charge is 2.43. The zero-order valence-corrected chi connectivity index (χ0v) is 20.9. The molecule has 0 aromatic heterocycles. The first-order chi connectivity index (χ1) is 17.2. The molecule has 1 unspecified atom stereocenters. The Balaban J connectivity index is 1.80. The van der Waals surface area contributed by atoms with Gasteiger partial charge in [-0.25, -0.2) is 4.57 Å². The van der Waals surface area contributed by atoms with Crippen LogP contribution in [0, 0.1) is 0 Å². The molecule has 188 valence electrons. The smallest absolute Gasteiger partial charge is 0.469 e. The Morgan fingerprint density at radius 2 is 1.39 bits per heavy atom. The molecule has 10 heteroatoms. The summed E-state index contributed by atoms with van der Waals surface area (Å²) < 4.78 is 39.7. The fraction of sp³-hybridized carbons (Fsp3) is 0.308. The van der Waals surface area contributed by atoms with E-state index in [0.29, 0.717) is 11.5 Å². The van der Waals surface area contributed by atoms with Gasteiger partial charge in [-0.05, 0) is 47.4 Å². The van der Waals surface area contributed by atoms with Gasteiger partial charge in [0.05, 0.1) is 26.9 Å². The number of phosphoric acid groups is 1. The summed E-state index contributed by atoms with van der Waals surface area (Å²) >= 11 is 0. The molecule has 3 aromatic rings. The van der Waals surface area contributed by atoms with Crippen LogP contribution in [0.4, 0.5) is 0 Å². The van der Waals surface area contributed by atoms with E-state index in [4.69, 9.17) is 31.3 Å². The van der Waals surface area contributed by atoms with Crippen molar-refractivity contribution in [2.45, 2.75) is 30.2 Å². The normalized spacial score (nSPS) is 20.3. The minimum atomic E-state index is -4.75.